The average Bonchev–Trinajstić information content (AvgIpc) is 2.42. The molecule has 2 atom stereocenters. The van der Waals surface area contributed by atoms with E-state index in [0.717, 1.165) is 6.42 Å². The zero-order valence-electron chi connectivity index (χ0n) is 11.7. The lowest BCUT2D eigenvalue weighted by molar-refractivity contribution is -0.149. The number of carbonyl (C=O) groups is 2. The fourth-order valence-corrected chi connectivity index (χ4v) is 2.47. The van der Waals surface area contributed by atoms with E-state index in [1.807, 2.05) is 6.92 Å². The minimum absolute atomic E-state index is 0.133. The normalized spacial score (nSPS) is 22.9. The van der Waals surface area contributed by atoms with E-state index in [1.165, 1.54) is 11.0 Å². The van der Waals surface area contributed by atoms with Gasteiger partial charge in [-0.25, -0.2) is 4.39 Å². The van der Waals surface area contributed by atoms with Crippen molar-refractivity contribution in [1.82, 2.24) is 10.2 Å². The first-order valence-electron chi connectivity index (χ1n) is 6.88. The number of amides is 2. The van der Waals surface area contributed by atoms with Gasteiger partial charge >= 0.3 is 0 Å². The number of piperazine rings is 1. The Morgan fingerprint density at radius 1 is 1.30 bits per heavy atom. The molecule has 1 aliphatic heterocycles. The van der Waals surface area contributed by atoms with Gasteiger partial charge < -0.3 is 10.2 Å². The van der Waals surface area contributed by atoms with E-state index in [4.69, 9.17) is 0 Å². The van der Waals surface area contributed by atoms with E-state index < -0.39 is 12.1 Å². The predicted octanol–water partition coefficient (Wildman–Crippen LogP) is 1.84. The third-order valence-corrected chi connectivity index (χ3v) is 3.55. The Bertz CT molecular complexity index is 518. The molecule has 1 aliphatic rings. The maximum atomic E-state index is 13.7. The lowest BCUT2D eigenvalue weighted by Crippen LogP contribution is -2.61. The Morgan fingerprint density at radius 3 is 2.65 bits per heavy atom. The molecule has 1 saturated heterocycles. The highest BCUT2D eigenvalue weighted by atomic mass is 19.1. The first-order chi connectivity index (χ1) is 9.54. The third-order valence-electron chi connectivity index (χ3n) is 3.55. The van der Waals surface area contributed by atoms with E-state index in [0.29, 0.717) is 12.0 Å². The second kappa shape index (κ2) is 6.03. The van der Waals surface area contributed by atoms with Gasteiger partial charge in [0.1, 0.15) is 17.9 Å². The molecule has 108 valence electrons. The van der Waals surface area contributed by atoms with Crippen molar-refractivity contribution in [2.24, 2.45) is 0 Å². The molecule has 0 aliphatic carbocycles. The van der Waals surface area contributed by atoms with Gasteiger partial charge in [0.25, 0.3) is 0 Å². The summed E-state index contributed by atoms with van der Waals surface area (Å²) in [4.78, 5) is 25.8. The molecule has 20 heavy (non-hydrogen) atoms. The molecule has 1 aromatic rings. The monoisotopic (exact) mass is 278 g/mol. The lowest BCUT2D eigenvalue weighted by Gasteiger charge is -2.38. The van der Waals surface area contributed by atoms with Crippen LogP contribution in [-0.2, 0) is 16.1 Å². The van der Waals surface area contributed by atoms with Crippen molar-refractivity contribution in [3.8, 4) is 0 Å². The summed E-state index contributed by atoms with van der Waals surface area (Å²) >= 11 is 0. The van der Waals surface area contributed by atoms with Crippen LogP contribution in [0.25, 0.3) is 0 Å². The van der Waals surface area contributed by atoms with Crippen molar-refractivity contribution in [3.05, 3.63) is 35.6 Å². The maximum absolute atomic E-state index is 13.7. The summed E-state index contributed by atoms with van der Waals surface area (Å²) in [5, 5.41) is 2.67. The molecule has 1 aromatic carbocycles. The van der Waals surface area contributed by atoms with E-state index >= 15 is 0 Å². The molecule has 1 N–H and O–H groups in total. The number of benzene rings is 1. The molecule has 0 bridgehead atoms. The van der Waals surface area contributed by atoms with Crippen LogP contribution in [0.1, 0.15) is 32.3 Å². The highest BCUT2D eigenvalue weighted by molar-refractivity contribution is 5.96. The van der Waals surface area contributed by atoms with Crippen molar-refractivity contribution in [2.45, 2.75) is 45.3 Å². The van der Waals surface area contributed by atoms with Crippen LogP contribution < -0.4 is 5.32 Å². The molecule has 0 aromatic heterocycles. The minimum Gasteiger partial charge on any atom is -0.343 e. The molecule has 0 radical (unpaired) electrons. The molecular weight excluding hydrogens is 259 g/mol. The number of rotatable bonds is 4. The van der Waals surface area contributed by atoms with Crippen molar-refractivity contribution in [2.75, 3.05) is 0 Å². The fourth-order valence-electron chi connectivity index (χ4n) is 2.47. The first kappa shape index (κ1) is 14.5. The van der Waals surface area contributed by atoms with Crippen LogP contribution in [0.5, 0.6) is 0 Å². The van der Waals surface area contributed by atoms with Crippen LogP contribution in [0.2, 0.25) is 0 Å². The number of nitrogens with zero attached hydrogens (tertiary/aromatic N) is 1. The molecular formula is C15H19FN2O2. The van der Waals surface area contributed by atoms with Crippen molar-refractivity contribution < 1.29 is 14.0 Å². The smallest absolute Gasteiger partial charge is 0.245 e. The summed E-state index contributed by atoms with van der Waals surface area (Å²) in [7, 11) is 0. The van der Waals surface area contributed by atoms with Gasteiger partial charge in [-0.3, -0.25) is 9.59 Å². The molecule has 5 heteroatoms. The van der Waals surface area contributed by atoms with Crippen LogP contribution in [0, 0.1) is 5.82 Å². The SMILES string of the molecule is CCCC1C(=O)NC(C)C(=O)N1Cc1ccccc1F. The minimum atomic E-state index is -0.553. The Hall–Kier alpha value is -1.91. The molecule has 0 saturated carbocycles. The van der Waals surface area contributed by atoms with Crippen molar-refractivity contribution >= 4 is 11.8 Å². The second-order valence-electron chi connectivity index (χ2n) is 5.09. The van der Waals surface area contributed by atoms with Gasteiger partial charge in [0.2, 0.25) is 11.8 Å². The zero-order valence-corrected chi connectivity index (χ0v) is 11.7. The summed E-state index contributed by atoms with van der Waals surface area (Å²) in [6.45, 7) is 3.74. The van der Waals surface area contributed by atoms with Gasteiger partial charge in [0.05, 0.1) is 0 Å². The van der Waals surface area contributed by atoms with E-state index in [2.05, 4.69) is 5.32 Å². The van der Waals surface area contributed by atoms with Crippen LogP contribution in [0.15, 0.2) is 24.3 Å². The summed E-state index contributed by atoms with van der Waals surface area (Å²) < 4.78 is 13.7. The third kappa shape index (κ3) is 2.81. The Kier molecular flexibility index (Phi) is 4.37. The standard InChI is InChI=1S/C15H19FN2O2/c1-3-6-13-14(19)17-10(2)15(20)18(13)9-11-7-4-5-8-12(11)16/h4-5,7-8,10,13H,3,6,9H2,1-2H3,(H,17,19). The molecule has 2 unspecified atom stereocenters. The quantitative estimate of drug-likeness (QED) is 0.913. The van der Waals surface area contributed by atoms with Crippen LogP contribution >= 0.6 is 0 Å². The van der Waals surface area contributed by atoms with Crippen molar-refractivity contribution in [3.63, 3.8) is 0 Å². The molecule has 2 amide bonds. The lowest BCUT2D eigenvalue weighted by atomic mass is 10.0. The van der Waals surface area contributed by atoms with Gasteiger partial charge in [-0.05, 0) is 19.4 Å². The zero-order chi connectivity index (χ0) is 14.7. The van der Waals surface area contributed by atoms with E-state index in [1.54, 1.807) is 25.1 Å². The van der Waals surface area contributed by atoms with Gasteiger partial charge in [-0.1, -0.05) is 31.5 Å². The van der Waals surface area contributed by atoms with Gasteiger partial charge in [-0.15, -0.1) is 0 Å². The van der Waals surface area contributed by atoms with Gasteiger partial charge in [0, 0.05) is 12.1 Å². The first-order valence-corrected chi connectivity index (χ1v) is 6.88. The topological polar surface area (TPSA) is 49.4 Å². The van der Waals surface area contributed by atoms with Crippen molar-refractivity contribution in [1.29, 1.82) is 0 Å². The summed E-state index contributed by atoms with van der Waals surface area (Å²) in [5.74, 6) is -0.671. The molecule has 2 rings (SSSR count). The van der Waals surface area contributed by atoms with E-state index in [9.17, 15) is 14.0 Å². The molecule has 1 heterocycles. The number of hydrogen-bond donors (Lipinski definition) is 1. The average molecular weight is 278 g/mol. The number of hydrogen-bond acceptors (Lipinski definition) is 2. The maximum Gasteiger partial charge on any atom is 0.245 e. The summed E-state index contributed by atoms with van der Waals surface area (Å²) in [6.07, 6.45) is 1.37. The highest BCUT2D eigenvalue weighted by Crippen LogP contribution is 2.19. The van der Waals surface area contributed by atoms with Crippen LogP contribution in [0.3, 0.4) is 0 Å². The Morgan fingerprint density at radius 2 is 2.00 bits per heavy atom. The summed E-state index contributed by atoms with van der Waals surface area (Å²) in [6, 6.07) is 5.27. The van der Waals surface area contributed by atoms with Gasteiger partial charge in [-0.2, -0.15) is 0 Å². The molecule has 4 nitrogen and oxygen atoms in total. The van der Waals surface area contributed by atoms with Crippen LogP contribution in [-0.4, -0.2) is 28.8 Å². The number of nitrogens with one attached hydrogen (secondary N) is 1. The van der Waals surface area contributed by atoms with E-state index in [-0.39, 0.29) is 24.2 Å². The summed E-state index contributed by atoms with van der Waals surface area (Å²) in [5.41, 5.74) is 0.434. The largest absolute Gasteiger partial charge is 0.343 e. The molecule has 1 fully saturated rings. The Balaban J connectivity index is 2.26. The number of carbonyl (C=O) groups excluding carboxylic acids is 2. The second-order valence-corrected chi connectivity index (χ2v) is 5.09. The fraction of sp³-hybridized carbons (Fsp3) is 0.467. The van der Waals surface area contributed by atoms with Gasteiger partial charge in [0.15, 0.2) is 0 Å². The van der Waals surface area contributed by atoms with Crippen LogP contribution in [0.4, 0.5) is 4.39 Å². The predicted molar refractivity (Wildman–Crippen MR) is 73.3 cm³/mol. The molecule has 0 spiro atoms. The highest BCUT2D eigenvalue weighted by Gasteiger charge is 2.38. The number of halogens is 1. The Labute approximate surface area is 118 Å².